The smallest absolute Gasteiger partial charge is 0.235 e. The van der Waals surface area contributed by atoms with E-state index in [2.05, 4.69) is 12.6 Å². The highest BCUT2D eigenvalue weighted by atomic mass is 32.1. The second-order valence-corrected chi connectivity index (χ2v) is 4.89. The first-order chi connectivity index (χ1) is 7.00. The van der Waals surface area contributed by atoms with Crippen LogP contribution in [0.5, 0.6) is 0 Å². The van der Waals surface area contributed by atoms with Crippen LogP contribution in [0.15, 0.2) is 0 Å². The van der Waals surface area contributed by atoms with Gasteiger partial charge in [-0.05, 0) is 25.7 Å². The molecule has 1 rings (SSSR count). The van der Waals surface area contributed by atoms with Crippen LogP contribution in [-0.4, -0.2) is 35.1 Å². The topological polar surface area (TPSA) is 63.4 Å². The Morgan fingerprint density at radius 3 is 2.40 bits per heavy atom. The number of thiol groups is 1. The third-order valence-corrected chi connectivity index (χ3v) is 2.99. The molecule has 0 radical (unpaired) electrons. The van der Waals surface area contributed by atoms with Crippen molar-refractivity contribution in [3.63, 3.8) is 0 Å². The molecular formula is C10H18N2O2S. The molecule has 4 nitrogen and oxygen atoms in total. The van der Waals surface area contributed by atoms with Gasteiger partial charge in [0.15, 0.2) is 0 Å². The highest BCUT2D eigenvalue weighted by Crippen LogP contribution is 2.21. The molecule has 2 N–H and O–H groups in total. The van der Waals surface area contributed by atoms with E-state index in [0.717, 1.165) is 25.9 Å². The molecule has 1 aliphatic rings. The predicted octanol–water partition coefficient (Wildman–Crippen LogP) is 0.419. The fourth-order valence-electron chi connectivity index (χ4n) is 1.91. The van der Waals surface area contributed by atoms with Crippen LogP contribution in [0, 0.1) is 5.92 Å². The first-order valence-corrected chi connectivity index (χ1v) is 5.77. The summed E-state index contributed by atoms with van der Waals surface area (Å²) in [6.45, 7) is 3.23. The Bertz CT molecular complexity index is 248. The summed E-state index contributed by atoms with van der Waals surface area (Å²) in [6.07, 6.45) is 2.18. The van der Waals surface area contributed by atoms with Crippen molar-refractivity contribution in [3.8, 4) is 0 Å². The van der Waals surface area contributed by atoms with Crippen LogP contribution in [0.1, 0.15) is 26.2 Å². The number of hydrogen-bond acceptors (Lipinski definition) is 3. The van der Waals surface area contributed by atoms with Crippen LogP contribution in [0.2, 0.25) is 0 Å². The number of nitrogens with zero attached hydrogens (tertiary/aromatic N) is 1. The maximum absolute atomic E-state index is 11.6. The van der Waals surface area contributed by atoms with Crippen LogP contribution in [0.25, 0.3) is 0 Å². The van der Waals surface area contributed by atoms with Gasteiger partial charge in [0, 0.05) is 19.5 Å². The summed E-state index contributed by atoms with van der Waals surface area (Å²) < 4.78 is 0. The van der Waals surface area contributed by atoms with Crippen molar-refractivity contribution < 1.29 is 9.59 Å². The standard InChI is InChI=1S/C10H18N2O2S/c1-7(15)10(14)12-4-2-8(3-5-12)6-9(11)13/h7-8,15H,2-6H2,1H3,(H2,11,13). The van der Waals surface area contributed by atoms with Crippen LogP contribution in [0.4, 0.5) is 0 Å². The lowest BCUT2D eigenvalue weighted by Gasteiger charge is -2.32. The number of nitrogens with two attached hydrogens (primary N) is 1. The molecule has 1 unspecified atom stereocenters. The lowest BCUT2D eigenvalue weighted by molar-refractivity contribution is -0.131. The first kappa shape index (κ1) is 12.4. The maximum atomic E-state index is 11.6. The van der Waals surface area contributed by atoms with Gasteiger partial charge in [-0.25, -0.2) is 0 Å². The molecule has 86 valence electrons. The van der Waals surface area contributed by atoms with Gasteiger partial charge < -0.3 is 10.6 Å². The van der Waals surface area contributed by atoms with Crippen LogP contribution < -0.4 is 5.73 Å². The van der Waals surface area contributed by atoms with Gasteiger partial charge in [-0.2, -0.15) is 12.6 Å². The molecule has 0 aromatic heterocycles. The summed E-state index contributed by atoms with van der Waals surface area (Å²) in [4.78, 5) is 24.1. The molecule has 0 saturated carbocycles. The summed E-state index contributed by atoms with van der Waals surface area (Å²) >= 11 is 4.12. The molecule has 0 aliphatic carbocycles. The molecule has 1 saturated heterocycles. The number of piperidine rings is 1. The average molecular weight is 230 g/mol. The number of carbonyl (C=O) groups is 2. The van der Waals surface area contributed by atoms with Crippen LogP contribution in [-0.2, 0) is 9.59 Å². The molecule has 0 bridgehead atoms. The minimum atomic E-state index is -0.248. The van der Waals surface area contributed by atoms with E-state index in [1.165, 1.54) is 0 Å². The minimum absolute atomic E-state index is 0.0795. The second-order valence-electron chi connectivity index (χ2n) is 4.12. The van der Waals surface area contributed by atoms with E-state index in [-0.39, 0.29) is 17.1 Å². The third kappa shape index (κ3) is 3.74. The number of rotatable bonds is 3. The van der Waals surface area contributed by atoms with Crippen molar-refractivity contribution in [2.45, 2.75) is 31.4 Å². The van der Waals surface area contributed by atoms with Gasteiger partial charge in [-0.3, -0.25) is 9.59 Å². The van der Waals surface area contributed by atoms with E-state index >= 15 is 0 Å². The van der Waals surface area contributed by atoms with E-state index in [9.17, 15) is 9.59 Å². The molecule has 1 heterocycles. The Kier molecular flexibility index (Phi) is 4.45. The van der Waals surface area contributed by atoms with Gasteiger partial charge in [0.05, 0.1) is 5.25 Å². The Morgan fingerprint density at radius 2 is 2.00 bits per heavy atom. The average Bonchev–Trinajstić information content (AvgIpc) is 2.17. The normalized spacial score (nSPS) is 20.0. The minimum Gasteiger partial charge on any atom is -0.370 e. The Hall–Kier alpha value is -0.710. The van der Waals surface area contributed by atoms with E-state index in [1.54, 1.807) is 6.92 Å². The maximum Gasteiger partial charge on any atom is 0.235 e. The van der Waals surface area contributed by atoms with Gasteiger partial charge >= 0.3 is 0 Å². The monoisotopic (exact) mass is 230 g/mol. The Balaban J connectivity index is 2.35. The molecule has 1 aliphatic heterocycles. The molecule has 0 spiro atoms. The highest BCUT2D eigenvalue weighted by Gasteiger charge is 2.25. The SMILES string of the molecule is CC(S)C(=O)N1CCC(CC(N)=O)CC1. The quantitative estimate of drug-likeness (QED) is 0.690. The number of primary amides is 1. The van der Waals surface area contributed by atoms with Gasteiger partial charge in [0.1, 0.15) is 0 Å². The number of amides is 2. The molecule has 0 aromatic carbocycles. The lowest BCUT2D eigenvalue weighted by atomic mass is 9.93. The zero-order valence-electron chi connectivity index (χ0n) is 8.98. The van der Waals surface area contributed by atoms with Crippen molar-refractivity contribution in [2.75, 3.05) is 13.1 Å². The van der Waals surface area contributed by atoms with E-state index in [4.69, 9.17) is 5.73 Å². The fraction of sp³-hybridized carbons (Fsp3) is 0.800. The molecular weight excluding hydrogens is 212 g/mol. The predicted molar refractivity (Wildman–Crippen MR) is 61.6 cm³/mol. The van der Waals surface area contributed by atoms with Crippen molar-refractivity contribution in [2.24, 2.45) is 11.7 Å². The van der Waals surface area contributed by atoms with E-state index in [0.29, 0.717) is 12.3 Å². The molecule has 5 heteroatoms. The van der Waals surface area contributed by atoms with Crippen molar-refractivity contribution in [1.29, 1.82) is 0 Å². The first-order valence-electron chi connectivity index (χ1n) is 5.26. The largest absolute Gasteiger partial charge is 0.370 e. The molecule has 0 aromatic rings. The van der Waals surface area contributed by atoms with Gasteiger partial charge in [-0.15, -0.1) is 0 Å². The Morgan fingerprint density at radius 1 is 1.47 bits per heavy atom. The zero-order chi connectivity index (χ0) is 11.4. The summed E-state index contributed by atoms with van der Waals surface area (Å²) in [6, 6.07) is 0. The number of carbonyl (C=O) groups excluding carboxylic acids is 2. The molecule has 1 fully saturated rings. The van der Waals surface area contributed by atoms with Crippen molar-refractivity contribution in [1.82, 2.24) is 4.90 Å². The fourth-order valence-corrected chi connectivity index (χ4v) is 2.07. The van der Waals surface area contributed by atoms with Gasteiger partial charge in [0.2, 0.25) is 11.8 Å². The van der Waals surface area contributed by atoms with Crippen LogP contribution >= 0.6 is 12.6 Å². The molecule has 15 heavy (non-hydrogen) atoms. The van der Waals surface area contributed by atoms with E-state index < -0.39 is 0 Å². The summed E-state index contributed by atoms with van der Waals surface area (Å²) in [5, 5.41) is -0.238. The van der Waals surface area contributed by atoms with E-state index in [1.807, 2.05) is 4.90 Å². The summed E-state index contributed by atoms with van der Waals surface area (Å²) in [7, 11) is 0. The third-order valence-electron chi connectivity index (χ3n) is 2.77. The summed E-state index contributed by atoms with van der Waals surface area (Å²) in [5.74, 6) is 0.181. The van der Waals surface area contributed by atoms with Crippen molar-refractivity contribution >= 4 is 24.4 Å². The van der Waals surface area contributed by atoms with Gasteiger partial charge in [-0.1, -0.05) is 0 Å². The van der Waals surface area contributed by atoms with Crippen LogP contribution in [0.3, 0.4) is 0 Å². The van der Waals surface area contributed by atoms with Gasteiger partial charge in [0.25, 0.3) is 0 Å². The highest BCUT2D eigenvalue weighted by molar-refractivity contribution is 7.81. The second kappa shape index (κ2) is 5.39. The number of likely N-dealkylation sites (tertiary alicyclic amines) is 1. The van der Waals surface area contributed by atoms with Crippen molar-refractivity contribution in [3.05, 3.63) is 0 Å². The molecule has 1 atom stereocenters. The zero-order valence-corrected chi connectivity index (χ0v) is 9.87. The number of hydrogen-bond donors (Lipinski definition) is 2. The Labute approximate surface area is 95.6 Å². The molecule has 2 amide bonds. The lowest BCUT2D eigenvalue weighted by Crippen LogP contribution is -2.42. The summed E-state index contributed by atoms with van der Waals surface area (Å²) in [5.41, 5.74) is 5.13.